The molecule has 0 heterocycles. The van der Waals surface area contributed by atoms with E-state index in [2.05, 4.69) is 6.92 Å². The van der Waals surface area contributed by atoms with E-state index in [1.807, 2.05) is 30.3 Å². The van der Waals surface area contributed by atoms with Crippen LogP contribution in [0, 0.1) is 0 Å². The Morgan fingerprint density at radius 1 is 1.16 bits per heavy atom. The molecule has 2 nitrogen and oxygen atoms in total. The van der Waals surface area contributed by atoms with Crippen molar-refractivity contribution in [2.45, 2.75) is 32.6 Å². The standard InChI is InChI=1S/C17H18O2/c1-2-3-4-8-17(19)14-9-10-16-13(11-14)6-5-7-15(16)12-18/h5-7,9-12H,2-4,8H2,1H3. The van der Waals surface area contributed by atoms with Crippen molar-refractivity contribution in [3.05, 3.63) is 47.5 Å². The highest BCUT2D eigenvalue weighted by atomic mass is 16.1. The van der Waals surface area contributed by atoms with E-state index >= 15 is 0 Å². The molecule has 0 amide bonds. The predicted molar refractivity (Wildman–Crippen MR) is 77.8 cm³/mol. The molecule has 0 aliphatic rings. The highest BCUT2D eigenvalue weighted by Crippen LogP contribution is 2.20. The summed E-state index contributed by atoms with van der Waals surface area (Å²) in [6.07, 6.45) is 4.61. The number of hydrogen-bond donors (Lipinski definition) is 0. The molecule has 0 fully saturated rings. The lowest BCUT2D eigenvalue weighted by atomic mass is 9.99. The second kappa shape index (κ2) is 6.28. The summed E-state index contributed by atoms with van der Waals surface area (Å²) in [4.78, 5) is 23.0. The maximum atomic E-state index is 12.0. The second-order valence-corrected chi connectivity index (χ2v) is 4.78. The van der Waals surface area contributed by atoms with E-state index in [1.54, 1.807) is 6.07 Å². The third-order valence-corrected chi connectivity index (χ3v) is 3.37. The van der Waals surface area contributed by atoms with Gasteiger partial charge in [0, 0.05) is 17.5 Å². The lowest BCUT2D eigenvalue weighted by Gasteiger charge is -2.05. The van der Waals surface area contributed by atoms with Gasteiger partial charge in [-0.05, 0) is 23.3 Å². The first-order valence-corrected chi connectivity index (χ1v) is 6.77. The number of aldehydes is 1. The minimum absolute atomic E-state index is 0.187. The van der Waals surface area contributed by atoms with Crippen molar-refractivity contribution in [3.8, 4) is 0 Å². The first kappa shape index (κ1) is 13.5. The van der Waals surface area contributed by atoms with Crippen LogP contribution in [0.15, 0.2) is 36.4 Å². The van der Waals surface area contributed by atoms with Crippen LogP contribution in [0.5, 0.6) is 0 Å². The fourth-order valence-electron chi connectivity index (χ4n) is 2.26. The van der Waals surface area contributed by atoms with Gasteiger partial charge in [-0.1, -0.05) is 50.1 Å². The van der Waals surface area contributed by atoms with Gasteiger partial charge in [-0.3, -0.25) is 9.59 Å². The summed E-state index contributed by atoms with van der Waals surface area (Å²) in [7, 11) is 0. The van der Waals surface area contributed by atoms with Gasteiger partial charge in [0.25, 0.3) is 0 Å². The predicted octanol–water partition coefficient (Wildman–Crippen LogP) is 4.42. The lowest BCUT2D eigenvalue weighted by molar-refractivity contribution is 0.0979. The number of rotatable bonds is 6. The van der Waals surface area contributed by atoms with E-state index in [9.17, 15) is 9.59 Å². The SMILES string of the molecule is CCCCCC(=O)c1ccc2c(C=O)cccc2c1. The summed E-state index contributed by atoms with van der Waals surface area (Å²) in [5.74, 6) is 0.187. The number of benzene rings is 2. The zero-order chi connectivity index (χ0) is 13.7. The average Bonchev–Trinajstić information content (AvgIpc) is 2.46. The number of carbonyl (C=O) groups excluding carboxylic acids is 2. The van der Waals surface area contributed by atoms with Crippen LogP contribution >= 0.6 is 0 Å². The van der Waals surface area contributed by atoms with Crippen LogP contribution in [0.1, 0.15) is 53.3 Å². The molecule has 2 aromatic rings. The Bertz CT molecular complexity index is 599. The summed E-state index contributed by atoms with van der Waals surface area (Å²) < 4.78 is 0. The summed E-state index contributed by atoms with van der Waals surface area (Å²) in [6.45, 7) is 2.13. The van der Waals surface area contributed by atoms with Gasteiger partial charge in [0.2, 0.25) is 0 Å². The van der Waals surface area contributed by atoms with Crippen LogP contribution < -0.4 is 0 Å². The minimum atomic E-state index is 0.187. The molecule has 2 rings (SSSR count). The number of unbranched alkanes of at least 4 members (excludes halogenated alkanes) is 2. The molecule has 0 radical (unpaired) electrons. The largest absolute Gasteiger partial charge is 0.298 e. The molecule has 98 valence electrons. The van der Waals surface area contributed by atoms with Gasteiger partial charge in [0.15, 0.2) is 12.1 Å². The maximum absolute atomic E-state index is 12.0. The van der Waals surface area contributed by atoms with Crippen molar-refractivity contribution in [3.63, 3.8) is 0 Å². The van der Waals surface area contributed by atoms with Gasteiger partial charge < -0.3 is 0 Å². The zero-order valence-corrected chi connectivity index (χ0v) is 11.2. The number of Topliss-reactive ketones (excluding diaryl/α,β-unsaturated/α-hetero) is 1. The summed E-state index contributed by atoms with van der Waals surface area (Å²) in [6, 6.07) is 11.1. The third-order valence-electron chi connectivity index (χ3n) is 3.37. The van der Waals surface area contributed by atoms with E-state index in [-0.39, 0.29) is 5.78 Å². The Balaban J connectivity index is 2.26. The highest BCUT2D eigenvalue weighted by Gasteiger charge is 2.07. The van der Waals surface area contributed by atoms with Crippen LogP contribution in [0.2, 0.25) is 0 Å². The first-order chi connectivity index (χ1) is 9.26. The number of fused-ring (bicyclic) bond motifs is 1. The molecule has 19 heavy (non-hydrogen) atoms. The molecule has 2 aromatic carbocycles. The molecule has 0 unspecified atom stereocenters. The quantitative estimate of drug-likeness (QED) is 0.434. The summed E-state index contributed by atoms with van der Waals surface area (Å²) in [5, 5.41) is 1.86. The van der Waals surface area contributed by atoms with Crippen molar-refractivity contribution in [2.24, 2.45) is 0 Å². The van der Waals surface area contributed by atoms with Crippen molar-refractivity contribution < 1.29 is 9.59 Å². The minimum Gasteiger partial charge on any atom is -0.298 e. The highest BCUT2D eigenvalue weighted by molar-refractivity contribution is 6.03. The topological polar surface area (TPSA) is 34.1 Å². The first-order valence-electron chi connectivity index (χ1n) is 6.77. The van der Waals surface area contributed by atoms with Crippen molar-refractivity contribution in [1.82, 2.24) is 0 Å². The van der Waals surface area contributed by atoms with Crippen molar-refractivity contribution in [1.29, 1.82) is 0 Å². The van der Waals surface area contributed by atoms with Crippen LogP contribution in [0.4, 0.5) is 0 Å². The third kappa shape index (κ3) is 3.08. The fourth-order valence-corrected chi connectivity index (χ4v) is 2.26. The second-order valence-electron chi connectivity index (χ2n) is 4.78. The lowest BCUT2D eigenvalue weighted by Crippen LogP contribution is -1.99. The number of ketones is 1. The number of carbonyl (C=O) groups is 2. The molecule has 0 saturated heterocycles. The van der Waals surface area contributed by atoms with E-state index in [1.165, 1.54) is 0 Å². The Kier molecular flexibility index (Phi) is 4.45. The van der Waals surface area contributed by atoms with E-state index in [0.29, 0.717) is 12.0 Å². The zero-order valence-electron chi connectivity index (χ0n) is 11.2. The Labute approximate surface area is 113 Å². The molecule has 0 N–H and O–H groups in total. The van der Waals surface area contributed by atoms with Gasteiger partial charge in [0.05, 0.1) is 0 Å². The molecule has 0 aliphatic heterocycles. The van der Waals surface area contributed by atoms with Gasteiger partial charge >= 0.3 is 0 Å². The van der Waals surface area contributed by atoms with E-state index < -0.39 is 0 Å². The van der Waals surface area contributed by atoms with Crippen LogP contribution in [0.3, 0.4) is 0 Å². The van der Waals surface area contributed by atoms with E-state index in [0.717, 1.165) is 41.9 Å². The summed E-state index contributed by atoms with van der Waals surface area (Å²) in [5.41, 5.74) is 1.41. The molecular weight excluding hydrogens is 236 g/mol. The molecule has 2 heteroatoms. The average molecular weight is 254 g/mol. The normalized spacial score (nSPS) is 10.6. The monoisotopic (exact) mass is 254 g/mol. The van der Waals surface area contributed by atoms with Crippen molar-refractivity contribution >= 4 is 22.8 Å². The Morgan fingerprint density at radius 3 is 2.74 bits per heavy atom. The van der Waals surface area contributed by atoms with Gasteiger partial charge in [-0.15, -0.1) is 0 Å². The molecule has 0 aromatic heterocycles. The maximum Gasteiger partial charge on any atom is 0.162 e. The van der Waals surface area contributed by atoms with E-state index in [4.69, 9.17) is 0 Å². The molecule has 0 aliphatic carbocycles. The van der Waals surface area contributed by atoms with Crippen LogP contribution in [0.25, 0.3) is 10.8 Å². The van der Waals surface area contributed by atoms with Gasteiger partial charge in [0.1, 0.15) is 0 Å². The summed E-state index contributed by atoms with van der Waals surface area (Å²) >= 11 is 0. The van der Waals surface area contributed by atoms with Crippen molar-refractivity contribution in [2.75, 3.05) is 0 Å². The Morgan fingerprint density at radius 2 is 2.00 bits per heavy atom. The van der Waals surface area contributed by atoms with Crippen LogP contribution in [-0.2, 0) is 0 Å². The number of hydrogen-bond acceptors (Lipinski definition) is 2. The molecule has 0 saturated carbocycles. The van der Waals surface area contributed by atoms with Gasteiger partial charge in [-0.2, -0.15) is 0 Å². The fraction of sp³-hybridized carbons (Fsp3) is 0.294. The van der Waals surface area contributed by atoms with Gasteiger partial charge in [-0.25, -0.2) is 0 Å². The van der Waals surface area contributed by atoms with Crippen LogP contribution in [-0.4, -0.2) is 12.1 Å². The molecule has 0 bridgehead atoms. The Hall–Kier alpha value is -1.96. The smallest absolute Gasteiger partial charge is 0.162 e. The molecular formula is C17H18O2. The molecule has 0 spiro atoms. The molecule has 0 atom stereocenters.